The van der Waals surface area contributed by atoms with E-state index in [1.54, 1.807) is 12.4 Å². The van der Waals surface area contributed by atoms with Gasteiger partial charge in [-0.25, -0.2) is 0 Å². The first-order chi connectivity index (χ1) is 11.1. The summed E-state index contributed by atoms with van der Waals surface area (Å²) in [6.45, 7) is 6.07. The second kappa shape index (κ2) is 8.39. The number of hydrogen-bond donors (Lipinski definition) is 0. The molecule has 0 saturated carbocycles. The van der Waals surface area contributed by atoms with Gasteiger partial charge in [-0.1, -0.05) is 12.1 Å². The van der Waals surface area contributed by atoms with E-state index in [2.05, 4.69) is 14.9 Å². The van der Waals surface area contributed by atoms with Gasteiger partial charge in [0, 0.05) is 32.0 Å². The SMILES string of the molecule is COC(=O)CCN(Cc1ncccc1C)Cc1ncccc1C. The number of ether oxygens (including phenoxy) is 1. The van der Waals surface area contributed by atoms with Crippen molar-refractivity contribution in [2.45, 2.75) is 33.4 Å². The van der Waals surface area contributed by atoms with Crippen LogP contribution in [0.25, 0.3) is 0 Å². The van der Waals surface area contributed by atoms with E-state index in [1.165, 1.54) is 7.11 Å². The van der Waals surface area contributed by atoms with Gasteiger partial charge in [-0.3, -0.25) is 19.7 Å². The number of pyridine rings is 2. The highest BCUT2D eigenvalue weighted by atomic mass is 16.5. The summed E-state index contributed by atoms with van der Waals surface area (Å²) >= 11 is 0. The number of rotatable bonds is 7. The summed E-state index contributed by atoms with van der Waals surface area (Å²) in [6, 6.07) is 7.96. The molecular formula is C18H23N3O2. The molecule has 0 unspecified atom stereocenters. The van der Waals surface area contributed by atoms with Crippen LogP contribution in [0.5, 0.6) is 0 Å². The molecule has 0 aliphatic carbocycles. The Kier molecular flexibility index (Phi) is 6.23. The van der Waals surface area contributed by atoms with Gasteiger partial charge >= 0.3 is 5.97 Å². The minimum atomic E-state index is -0.203. The van der Waals surface area contributed by atoms with Crippen LogP contribution < -0.4 is 0 Å². The fourth-order valence-corrected chi connectivity index (χ4v) is 2.36. The van der Waals surface area contributed by atoms with Gasteiger partial charge in [0.05, 0.1) is 24.9 Å². The van der Waals surface area contributed by atoms with Crippen LogP contribution in [0, 0.1) is 13.8 Å². The van der Waals surface area contributed by atoms with Crippen LogP contribution in [0.1, 0.15) is 28.9 Å². The normalized spacial score (nSPS) is 10.8. The van der Waals surface area contributed by atoms with E-state index in [4.69, 9.17) is 4.74 Å². The lowest BCUT2D eigenvalue weighted by Crippen LogP contribution is -2.27. The van der Waals surface area contributed by atoms with E-state index in [9.17, 15) is 4.79 Å². The highest BCUT2D eigenvalue weighted by Crippen LogP contribution is 2.13. The first-order valence-electron chi connectivity index (χ1n) is 7.70. The lowest BCUT2D eigenvalue weighted by molar-refractivity contribution is -0.141. The zero-order valence-electron chi connectivity index (χ0n) is 14.0. The fourth-order valence-electron chi connectivity index (χ4n) is 2.36. The number of nitrogens with zero attached hydrogens (tertiary/aromatic N) is 3. The predicted octanol–water partition coefficient (Wildman–Crippen LogP) is 2.66. The van der Waals surface area contributed by atoms with Crippen LogP contribution in [-0.4, -0.2) is 34.5 Å². The van der Waals surface area contributed by atoms with Crippen molar-refractivity contribution in [3.05, 3.63) is 59.2 Å². The van der Waals surface area contributed by atoms with Crippen molar-refractivity contribution >= 4 is 5.97 Å². The fraction of sp³-hybridized carbons (Fsp3) is 0.389. The van der Waals surface area contributed by atoms with Crippen LogP contribution >= 0.6 is 0 Å². The number of esters is 1. The Morgan fingerprint density at radius 2 is 1.57 bits per heavy atom. The van der Waals surface area contributed by atoms with E-state index < -0.39 is 0 Å². The van der Waals surface area contributed by atoms with Gasteiger partial charge in [-0.05, 0) is 37.1 Å². The van der Waals surface area contributed by atoms with Crippen LogP contribution in [0.15, 0.2) is 36.7 Å². The summed E-state index contributed by atoms with van der Waals surface area (Å²) in [5, 5.41) is 0. The molecule has 2 aromatic heterocycles. The Hall–Kier alpha value is -2.27. The molecular weight excluding hydrogens is 290 g/mol. The minimum absolute atomic E-state index is 0.203. The molecule has 5 nitrogen and oxygen atoms in total. The summed E-state index contributed by atoms with van der Waals surface area (Å²) in [6.07, 6.45) is 3.95. The molecule has 0 fully saturated rings. The highest BCUT2D eigenvalue weighted by molar-refractivity contribution is 5.69. The third-order valence-electron chi connectivity index (χ3n) is 3.84. The smallest absolute Gasteiger partial charge is 0.306 e. The first-order valence-corrected chi connectivity index (χ1v) is 7.70. The molecule has 0 amide bonds. The second-order valence-corrected chi connectivity index (χ2v) is 5.57. The number of hydrogen-bond acceptors (Lipinski definition) is 5. The van der Waals surface area contributed by atoms with E-state index in [0.717, 1.165) is 22.5 Å². The van der Waals surface area contributed by atoms with Gasteiger partial charge in [0.25, 0.3) is 0 Å². The van der Waals surface area contributed by atoms with Gasteiger partial charge in [0.15, 0.2) is 0 Å². The van der Waals surface area contributed by atoms with Gasteiger partial charge in [-0.15, -0.1) is 0 Å². The Labute approximate surface area is 137 Å². The topological polar surface area (TPSA) is 55.3 Å². The summed E-state index contributed by atoms with van der Waals surface area (Å²) in [5.41, 5.74) is 4.33. The van der Waals surface area contributed by atoms with E-state index >= 15 is 0 Å². The lowest BCUT2D eigenvalue weighted by atomic mass is 10.1. The largest absolute Gasteiger partial charge is 0.469 e. The zero-order valence-corrected chi connectivity index (χ0v) is 14.0. The average molecular weight is 313 g/mol. The molecule has 23 heavy (non-hydrogen) atoms. The minimum Gasteiger partial charge on any atom is -0.469 e. The first kappa shape index (κ1) is 17.1. The van der Waals surface area contributed by atoms with Crippen molar-refractivity contribution in [1.29, 1.82) is 0 Å². The zero-order chi connectivity index (χ0) is 16.7. The van der Waals surface area contributed by atoms with E-state index in [1.807, 2.05) is 38.1 Å². The third kappa shape index (κ3) is 5.14. The van der Waals surface area contributed by atoms with Gasteiger partial charge in [0.2, 0.25) is 0 Å². The molecule has 0 atom stereocenters. The Morgan fingerprint density at radius 3 is 2.00 bits per heavy atom. The number of carbonyl (C=O) groups excluding carboxylic acids is 1. The summed E-state index contributed by atoms with van der Waals surface area (Å²) in [5.74, 6) is -0.203. The summed E-state index contributed by atoms with van der Waals surface area (Å²) in [4.78, 5) is 22.6. The van der Waals surface area contributed by atoms with Crippen molar-refractivity contribution in [2.24, 2.45) is 0 Å². The lowest BCUT2D eigenvalue weighted by Gasteiger charge is -2.22. The maximum Gasteiger partial charge on any atom is 0.306 e. The molecule has 0 saturated heterocycles. The Morgan fingerprint density at radius 1 is 1.04 bits per heavy atom. The Bertz CT molecular complexity index is 611. The molecule has 2 aromatic rings. The quantitative estimate of drug-likeness (QED) is 0.736. The third-order valence-corrected chi connectivity index (χ3v) is 3.84. The van der Waals surface area contributed by atoms with Crippen molar-refractivity contribution in [3.63, 3.8) is 0 Å². The van der Waals surface area contributed by atoms with Crippen molar-refractivity contribution in [2.75, 3.05) is 13.7 Å². The van der Waals surface area contributed by atoms with Gasteiger partial charge < -0.3 is 4.74 Å². The second-order valence-electron chi connectivity index (χ2n) is 5.57. The molecule has 0 radical (unpaired) electrons. The molecule has 2 heterocycles. The van der Waals surface area contributed by atoms with Crippen molar-refractivity contribution < 1.29 is 9.53 Å². The highest BCUT2D eigenvalue weighted by Gasteiger charge is 2.13. The maximum atomic E-state index is 11.5. The van der Waals surface area contributed by atoms with E-state index in [-0.39, 0.29) is 5.97 Å². The maximum absolute atomic E-state index is 11.5. The average Bonchev–Trinajstić information content (AvgIpc) is 2.56. The molecule has 0 aliphatic heterocycles. The molecule has 5 heteroatoms. The van der Waals surface area contributed by atoms with Gasteiger partial charge in [0.1, 0.15) is 0 Å². The number of aromatic nitrogens is 2. The monoisotopic (exact) mass is 313 g/mol. The molecule has 0 spiro atoms. The Balaban J connectivity index is 2.12. The number of carbonyl (C=O) groups is 1. The van der Waals surface area contributed by atoms with Crippen LogP contribution in [-0.2, 0) is 22.6 Å². The van der Waals surface area contributed by atoms with Gasteiger partial charge in [-0.2, -0.15) is 0 Å². The molecule has 0 N–H and O–H groups in total. The molecule has 122 valence electrons. The number of methoxy groups -OCH3 is 1. The molecule has 0 bridgehead atoms. The van der Waals surface area contributed by atoms with Crippen molar-refractivity contribution in [3.8, 4) is 0 Å². The van der Waals surface area contributed by atoms with Crippen LogP contribution in [0.3, 0.4) is 0 Å². The molecule has 0 aliphatic rings. The van der Waals surface area contributed by atoms with Crippen LogP contribution in [0.2, 0.25) is 0 Å². The summed E-state index contributed by atoms with van der Waals surface area (Å²) in [7, 11) is 1.42. The van der Waals surface area contributed by atoms with Crippen LogP contribution in [0.4, 0.5) is 0 Å². The van der Waals surface area contributed by atoms with E-state index in [0.29, 0.717) is 26.1 Å². The predicted molar refractivity (Wildman–Crippen MR) is 88.7 cm³/mol. The molecule has 0 aromatic carbocycles. The van der Waals surface area contributed by atoms with Crippen molar-refractivity contribution in [1.82, 2.24) is 14.9 Å². The number of aryl methyl sites for hydroxylation is 2. The molecule has 2 rings (SSSR count). The standard InChI is InChI=1S/C18H23N3O2/c1-14-6-4-9-19-16(14)12-21(11-8-18(22)23-3)13-17-15(2)7-5-10-20-17/h4-7,9-10H,8,11-13H2,1-3H3. The summed E-state index contributed by atoms with van der Waals surface area (Å²) < 4.78 is 4.75.